The Labute approximate surface area is 112 Å². The molecular weight excluding hydrogens is 242 g/mol. The molecule has 3 rings (SSSR count). The summed E-state index contributed by atoms with van der Waals surface area (Å²) in [6.45, 7) is 1.44. The summed E-state index contributed by atoms with van der Waals surface area (Å²) in [5.74, 6) is 1.18. The number of nitrogens with zero attached hydrogens (tertiary/aromatic N) is 1. The Hall–Kier alpha value is -1.65. The van der Waals surface area contributed by atoms with Gasteiger partial charge in [0.25, 0.3) is 5.91 Å². The van der Waals surface area contributed by atoms with E-state index in [9.17, 15) is 9.59 Å². The smallest absolute Gasteiger partial charge is 0.269 e. The predicted octanol–water partition coefficient (Wildman–Crippen LogP) is 1.92. The minimum Gasteiger partial charge on any atom is -0.348 e. The summed E-state index contributed by atoms with van der Waals surface area (Å²) in [5, 5.41) is 9.58. The van der Waals surface area contributed by atoms with Crippen LogP contribution in [0.1, 0.15) is 60.0 Å². The molecule has 5 nitrogen and oxygen atoms in total. The maximum atomic E-state index is 12.1. The van der Waals surface area contributed by atoms with E-state index < -0.39 is 0 Å². The van der Waals surface area contributed by atoms with Crippen LogP contribution in [0.2, 0.25) is 0 Å². The number of fused-ring (bicyclic) bond motifs is 1. The topological polar surface area (TPSA) is 74.8 Å². The van der Waals surface area contributed by atoms with Crippen LogP contribution in [0.15, 0.2) is 6.07 Å². The van der Waals surface area contributed by atoms with Gasteiger partial charge in [0.1, 0.15) is 11.4 Å². The van der Waals surface area contributed by atoms with Crippen LogP contribution < -0.4 is 5.32 Å². The molecule has 0 bridgehead atoms. The first kappa shape index (κ1) is 12.4. The molecule has 5 heteroatoms. The molecule has 1 amide bonds. The van der Waals surface area contributed by atoms with E-state index >= 15 is 0 Å². The largest absolute Gasteiger partial charge is 0.348 e. The summed E-state index contributed by atoms with van der Waals surface area (Å²) in [4.78, 5) is 23.3. The van der Waals surface area contributed by atoms with E-state index in [4.69, 9.17) is 0 Å². The number of hydrogen-bond donors (Lipinski definition) is 2. The second-order valence-electron chi connectivity index (χ2n) is 5.74. The lowest BCUT2D eigenvalue weighted by atomic mass is 9.97. The molecule has 1 aromatic rings. The maximum Gasteiger partial charge on any atom is 0.269 e. The molecule has 1 heterocycles. The van der Waals surface area contributed by atoms with Crippen LogP contribution in [0.3, 0.4) is 0 Å². The van der Waals surface area contributed by atoms with E-state index in [1.54, 1.807) is 0 Å². The standard InChI is InChI=1S/C14H19N3O2/c1-8(18)12-7-13(17-16-12)14(19)15-11-6-5-9-3-2-4-10(9)11/h7,9-11H,2-6H2,1H3,(H,15,19)(H,16,17)/t9-,10-,11-/m0/s1. The molecule has 0 radical (unpaired) electrons. The third kappa shape index (κ3) is 2.29. The fraction of sp³-hybridized carbons (Fsp3) is 0.643. The zero-order valence-electron chi connectivity index (χ0n) is 11.1. The molecule has 19 heavy (non-hydrogen) atoms. The molecule has 1 aromatic heterocycles. The minimum absolute atomic E-state index is 0.132. The van der Waals surface area contributed by atoms with E-state index in [1.807, 2.05) is 0 Å². The van der Waals surface area contributed by atoms with Gasteiger partial charge >= 0.3 is 0 Å². The molecule has 0 spiro atoms. The Bertz CT molecular complexity index is 509. The summed E-state index contributed by atoms with van der Waals surface area (Å²) in [5.41, 5.74) is 0.696. The number of ketones is 1. The van der Waals surface area contributed by atoms with E-state index in [-0.39, 0.29) is 11.7 Å². The Balaban J connectivity index is 1.66. The normalized spacial score (nSPS) is 29.2. The summed E-state index contributed by atoms with van der Waals surface area (Å²) >= 11 is 0. The number of carbonyl (C=O) groups is 2. The second-order valence-corrected chi connectivity index (χ2v) is 5.74. The molecule has 0 aromatic carbocycles. The van der Waals surface area contributed by atoms with Crippen molar-refractivity contribution in [3.05, 3.63) is 17.5 Å². The summed E-state index contributed by atoms with van der Waals surface area (Å²) in [7, 11) is 0. The number of carbonyl (C=O) groups excluding carboxylic acids is 2. The van der Waals surface area contributed by atoms with E-state index in [0.717, 1.165) is 12.3 Å². The highest BCUT2D eigenvalue weighted by Crippen LogP contribution is 2.43. The van der Waals surface area contributed by atoms with Crippen molar-refractivity contribution < 1.29 is 9.59 Å². The Kier molecular flexibility index (Phi) is 3.12. The van der Waals surface area contributed by atoms with Gasteiger partial charge in [-0.2, -0.15) is 5.10 Å². The molecule has 2 N–H and O–H groups in total. The SMILES string of the molecule is CC(=O)c1cc(C(=O)N[C@H]2CC[C@@H]3CCC[C@@H]32)[nH]n1. The summed E-state index contributed by atoms with van der Waals surface area (Å²) < 4.78 is 0. The average molecular weight is 261 g/mol. The van der Waals surface area contributed by atoms with Crippen LogP contribution in [0.25, 0.3) is 0 Å². The van der Waals surface area contributed by atoms with E-state index in [1.165, 1.54) is 38.7 Å². The highest BCUT2D eigenvalue weighted by atomic mass is 16.2. The molecule has 0 aliphatic heterocycles. The van der Waals surface area contributed by atoms with Crippen molar-refractivity contribution in [2.24, 2.45) is 11.8 Å². The number of Topliss-reactive ketones (excluding diaryl/α,β-unsaturated/α-hetero) is 1. The van der Waals surface area contributed by atoms with Crippen molar-refractivity contribution in [2.45, 2.75) is 45.1 Å². The number of nitrogens with one attached hydrogen (secondary N) is 2. The number of amides is 1. The van der Waals surface area contributed by atoms with Crippen LogP contribution in [-0.4, -0.2) is 27.9 Å². The predicted molar refractivity (Wildman–Crippen MR) is 69.9 cm³/mol. The number of rotatable bonds is 3. The Morgan fingerprint density at radius 2 is 2.16 bits per heavy atom. The first-order chi connectivity index (χ1) is 9.15. The number of hydrogen-bond acceptors (Lipinski definition) is 3. The van der Waals surface area contributed by atoms with E-state index in [0.29, 0.717) is 23.3 Å². The summed E-state index contributed by atoms with van der Waals surface area (Å²) in [6, 6.07) is 1.82. The van der Waals surface area contributed by atoms with Gasteiger partial charge in [0.2, 0.25) is 0 Å². The number of aromatic nitrogens is 2. The summed E-state index contributed by atoms with van der Waals surface area (Å²) in [6.07, 6.45) is 6.15. The molecule has 0 saturated heterocycles. The van der Waals surface area contributed by atoms with Gasteiger partial charge in [0, 0.05) is 13.0 Å². The van der Waals surface area contributed by atoms with Gasteiger partial charge in [-0.05, 0) is 37.2 Å². The molecule has 2 aliphatic rings. The lowest BCUT2D eigenvalue weighted by Crippen LogP contribution is -2.37. The molecule has 102 valence electrons. The van der Waals surface area contributed by atoms with Crippen LogP contribution in [-0.2, 0) is 0 Å². The molecule has 2 saturated carbocycles. The van der Waals surface area contributed by atoms with Crippen LogP contribution in [0.4, 0.5) is 0 Å². The maximum absolute atomic E-state index is 12.1. The zero-order valence-corrected chi connectivity index (χ0v) is 11.1. The van der Waals surface area contributed by atoms with Gasteiger partial charge < -0.3 is 5.32 Å². The first-order valence-corrected chi connectivity index (χ1v) is 7.02. The van der Waals surface area contributed by atoms with Crippen molar-refractivity contribution >= 4 is 11.7 Å². The second kappa shape index (κ2) is 4.79. The van der Waals surface area contributed by atoms with Crippen LogP contribution in [0.5, 0.6) is 0 Å². The number of H-pyrrole nitrogens is 1. The molecular formula is C14H19N3O2. The highest BCUT2D eigenvalue weighted by molar-refractivity contribution is 5.97. The van der Waals surface area contributed by atoms with Crippen LogP contribution in [0, 0.1) is 11.8 Å². The fourth-order valence-electron chi connectivity index (χ4n) is 3.61. The lowest BCUT2D eigenvalue weighted by Gasteiger charge is -2.19. The van der Waals surface area contributed by atoms with Crippen molar-refractivity contribution in [2.75, 3.05) is 0 Å². The van der Waals surface area contributed by atoms with Gasteiger partial charge in [0.05, 0.1) is 0 Å². The zero-order chi connectivity index (χ0) is 13.4. The van der Waals surface area contributed by atoms with E-state index in [2.05, 4.69) is 15.5 Å². The van der Waals surface area contributed by atoms with Gasteiger partial charge in [-0.1, -0.05) is 12.8 Å². The monoisotopic (exact) mass is 261 g/mol. The molecule has 3 atom stereocenters. The van der Waals surface area contributed by atoms with Gasteiger partial charge in [-0.25, -0.2) is 0 Å². The Morgan fingerprint density at radius 3 is 2.89 bits per heavy atom. The van der Waals surface area contributed by atoms with Gasteiger partial charge in [-0.3, -0.25) is 14.7 Å². The van der Waals surface area contributed by atoms with Gasteiger partial charge in [-0.15, -0.1) is 0 Å². The van der Waals surface area contributed by atoms with Crippen molar-refractivity contribution in [3.63, 3.8) is 0 Å². The first-order valence-electron chi connectivity index (χ1n) is 7.02. The quantitative estimate of drug-likeness (QED) is 0.816. The van der Waals surface area contributed by atoms with Crippen molar-refractivity contribution in [3.8, 4) is 0 Å². The van der Waals surface area contributed by atoms with Crippen molar-refractivity contribution in [1.29, 1.82) is 0 Å². The lowest BCUT2D eigenvalue weighted by molar-refractivity contribution is 0.0921. The average Bonchev–Trinajstić information content (AvgIpc) is 3.05. The Morgan fingerprint density at radius 1 is 1.32 bits per heavy atom. The fourth-order valence-corrected chi connectivity index (χ4v) is 3.61. The third-order valence-electron chi connectivity index (χ3n) is 4.58. The van der Waals surface area contributed by atoms with Crippen molar-refractivity contribution in [1.82, 2.24) is 15.5 Å². The third-order valence-corrected chi connectivity index (χ3v) is 4.58. The van der Waals surface area contributed by atoms with Gasteiger partial charge in [0.15, 0.2) is 5.78 Å². The molecule has 2 fully saturated rings. The molecule has 0 unspecified atom stereocenters. The minimum atomic E-state index is -0.141. The molecule has 2 aliphatic carbocycles. The highest BCUT2D eigenvalue weighted by Gasteiger charge is 2.39. The van der Waals surface area contributed by atoms with Crippen LogP contribution >= 0.6 is 0 Å². The number of aromatic amines is 1.